The lowest BCUT2D eigenvalue weighted by Gasteiger charge is -2.30. The summed E-state index contributed by atoms with van der Waals surface area (Å²) in [5, 5.41) is 0. The highest BCUT2D eigenvalue weighted by Gasteiger charge is 2.31. The maximum Gasteiger partial charge on any atom is 0.289 e. The second-order valence-corrected chi connectivity index (χ2v) is 7.89. The number of fused-ring (bicyclic) bond motifs is 1. The van der Waals surface area contributed by atoms with Crippen LogP contribution >= 0.6 is 0 Å². The van der Waals surface area contributed by atoms with Gasteiger partial charge in [-0.25, -0.2) is 4.98 Å². The van der Waals surface area contributed by atoms with E-state index in [4.69, 9.17) is 0 Å². The molecule has 1 aromatic heterocycles. The molecule has 0 N–H and O–H groups in total. The van der Waals surface area contributed by atoms with E-state index in [9.17, 15) is 9.59 Å². The van der Waals surface area contributed by atoms with Gasteiger partial charge in [-0.05, 0) is 44.4 Å². The number of unbranched alkanes of at least 4 members (excludes halogenated alkanes) is 1. The number of amides is 2. The van der Waals surface area contributed by atoms with E-state index in [0.29, 0.717) is 17.4 Å². The molecule has 1 saturated heterocycles. The normalized spacial score (nSPS) is 17.9. The van der Waals surface area contributed by atoms with Gasteiger partial charge in [-0.1, -0.05) is 20.3 Å². The summed E-state index contributed by atoms with van der Waals surface area (Å²) in [6.07, 6.45) is 7.06. The molecule has 2 amide bonds. The van der Waals surface area contributed by atoms with Crippen molar-refractivity contribution in [3.05, 3.63) is 17.2 Å². The van der Waals surface area contributed by atoms with Gasteiger partial charge in [0.2, 0.25) is 0 Å². The molecule has 3 rings (SSSR count). The quantitative estimate of drug-likeness (QED) is 0.811. The summed E-state index contributed by atoms with van der Waals surface area (Å²) in [4.78, 5) is 34.2. The molecular weight excluding hydrogens is 328 g/mol. The maximum absolute atomic E-state index is 13.1. The van der Waals surface area contributed by atoms with Crippen molar-refractivity contribution < 1.29 is 9.59 Å². The summed E-state index contributed by atoms with van der Waals surface area (Å²) in [5.74, 6) is 1.08. The minimum absolute atomic E-state index is 0.0119. The van der Waals surface area contributed by atoms with E-state index in [1.807, 2.05) is 16.5 Å². The van der Waals surface area contributed by atoms with Gasteiger partial charge in [0.05, 0.1) is 5.69 Å². The van der Waals surface area contributed by atoms with Crippen LogP contribution in [0, 0.1) is 5.92 Å². The van der Waals surface area contributed by atoms with E-state index in [1.165, 1.54) is 0 Å². The number of carbonyl (C=O) groups excluding carboxylic acids is 2. The Hall–Kier alpha value is -1.85. The number of piperidine rings is 1. The number of hydrogen-bond donors (Lipinski definition) is 0. The number of rotatable bonds is 5. The Bertz CT molecular complexity index is 659. The number of nitrogens with zero attached hydrogens (tertiary/aromatic N) is 4. The fourth-order valence-corrected chi connectivity index (χ4v) is 3.91. The van der Waals surface area contributed by atoms with Crippen molar-refractivity contribution in [1.82, 2.24) is 19.4 Å². The predicted molar refractivity (Wildman–Crippen MR) is 101 cm³/mol. The maximum atomic E-state index is 13.1. The number of imidazole rings is 1. The van der Waals surface area contributed by atoms with Gasteiger partial charge < -0.3 is 14.4 Å². The van der Waals surface area contributed by atoms with E-state index in [-0.39, 0.29) is 11.8 Å². The molecule has 6 nitrogen and oxygen atoms in total. The molecule has 6 heteroatoms. The number of aromatic nitrogens is 2. The van der Waals surface area contributed by atoms with Gasteiger partial charge in [0.15, 0.2) is 5.82 Å². The molecule has 1 fully saturated rings. The lowest BCUT2D eigenvalue weighted by Crippen LogP contribution is -2.38. The first kappa shape index (κ1) is 18.9. The van der Waals surface area contributed by atoms with Crippen LogP contribution in [0.4, 0.5) is 0 Å². The predicted octanol–water partition coefficient (Wildman–Crippen LogP) is 2.96. The van der Waals surface area contributed by atoms with Crippen LogP contribution < -0.4 is 0 Å². The molecule has 2 aliphatic rings. The van der Waals surface area contributed by atoms with Crippen molar-refractivity contribution >= 4 is 11.8 Å². The molecule has 0 bridgehead atoms. The lowest BCUT2D eigenvalue weighted by molar-refractivity contribution is 0.0690. The minimum Gasteiger partial charge on any atom is -0.339 e. The van der Waals surface area contributed by atoms with Gasteiger partial charge in [-0.15, -0.1) is 0 Å². The lowest BCUT2D eigenvalue weighted by atomic mass is 9.98. The molecule has 2 aliphatic heterocycles. The first-order valence-corrected chi connectivity index (χ1v) is 10.2. The fraction of sp³-hybridized carbons (Fsp3) is 0.750. The molecule has 1 aromatic rings. The Balaban J connectivity index is 1.86. The van der Waals surface area contributed by atoms with Gasteiger partial charge in [-0.2, -0.15) is 0 Å². The molecule has 144 valence electrons. The third-order valence-corrected chi connectivity index (χ3v) is 5.78. The van der Waals surface area contributed by atoms with Gasteiger partial charge in [-0.3, -0.25) is 9.59 Å². The van der Waals surface area contributed by atoms with Crippen molar-refractivity contribution in [1.29, 1.82) is 0 Å². The highest BCUT2D eigenvalue weighted by atomic mass is 16.2. The van der Waals surface area contributed by atoms with Crippen LogP contribution in [0.3, 0.4) is 0 Å². The van der Waals surface area contributed by atoms with E-state index in [2.05, 4.69) is 18.8 Å². The van der Waals surface area contributed by atoms with Crippen LogP contribution in [0.1, 0.15) is 79.2 Å². The van der Waals surface area contributed by atoms with Gasteiger partial charge in [0, 0.05) is 33.2 Å². The third kappa shape index (κ3) is 3.79. The standard InChI is InChI=1S/C20H32N4O2/c1-4-5-11-22(3)20(26)18-21-17(16-8-6-7-12-24(16)18)19(25)23-13-9-15(2)10-14-23/h15H,4-14H2,1-3H3. The molecule has 0 saturated carbocycles. The van der Waals surface area contributed by atoms with E-state index < -0.39 is 0 Å². The summed E-state index contributed by atoms with van der Waals surface area (Å²) < 4.78 is 2.01. The van der Waals surface area contributed by atoms with E-state index in [0.717, 1.165) is 76.8 Å². The largest absolute Gasteiger partial charge is 0.339 e. The average molecular weight is 361 g/mol. The second kappa shape index (κ2) is 8.23. The van der Waals surface area contributed by atoms with Crippen LogP contribution in [0.5, 0.6) is 0 Å². The molecule has 0 atom stereocenters. The number of likely N-dealkylation sites (tertiary alicyclic amines) is 1. The highest BCUT2D eigenvalue weighted by Crippen LogP contribution is 2.25. The summed E-state index contributed by atoms with van der Waals surface area (Å²) in [6.45, 7) is 7.47. The summed E-state index contributed by atoms with van der Waals surface area (Å²) >= 11 is 0. The Morgan fingerprint density at radius 3 is 2.62 bits per heavy atom. The summed E-state index contributed by atoms with van der Waals surface area (Å²) in [6, 6.07) is 0. The van der Waals surface area contributed by atoms with Crippen molar-refractivity contribution in [2.45, 2.75) is 65.3 Å². The van der Waals surface area contributed by atoms with Crippen LogP contribution in [0.15, 0.2) is 0 Å². The molecule has 0 spiro atoms. The van der Waals surface area contributed by atoms with Crippen LogP contribution in [0.2, 0.25) is 0 Å². The van der Waals surface area contributed by atoms with Gasteiger partial charge in [0.25, 0.3) is 11.8 Å². The molecule has 0 aliphatic carbocycles. The van der Waals surface area contributed by atoms with Crippen LogP contribution in [0.25, 0.3) is 0 Å². The number of carbonyl (C=O) groups is 2. The average Bonchev–Trinajstić information content (AvgIpc) is 3.05. The van der Waals surface area contributed by atoms with Gasteiger partial charge in [0.1, 0.15) is 5.69 Å². The summed E-state index contributed by atoms with van der Waals surface area (Å²) in [7, 11) is 1.83. The zero-order chi connectivity index (χ0) is 18.7. The van der Waals surface area contributed by atoms with E-state index >= 15 is 0 Å². The molecule has 26 heavy (non-hydrogen) atoms. The Labute approximate surface area is 156 Å². The SMILES string of the molecule is CCCCN(C)C(=O)c1nc(C(=O)N2CCC(C)CC2)c2n1CCCC2. The first-order chi connectivity index (χ1) is 12.5. The van der Waals surface area contributed by atoms with Crippen LogP contribution in [-0.2, 0) is 13.0 Å². The highest BCUT2D eigenvalue weighted by molar-refractivity contribution is 5.97. The minimum atomic E-state index is -0.0621. The zero-order valence-corrected chi connectivity index (χ0v) is 16.5. The molecule has 0 radical (unpaired) electrons. The zero-order valence-electron chi connectivity index (χ0n) is 16.5. The second-order valence-electron chi connectivity index (χ2n) is 7.89. The Morgan fingerprint density at radius 2 is 1.92 bits per heavy atom. The Morgan fingerprint density at radius 1 is 1.19 bits per heavy atom. The molecule has 3 heterocycles. The monoisotopic (exact) mass is 360 g/mol. The first-order valence-electron chi connectivity index (χ1n) is 10.2. The van der Waals surface area contributed by atoms with Crippen LogP contribution in [-0.4, -0.2) is 57.8 Å². The van der Waals surface area contributed by atoms with Gasteiger partial charge >= 0.3 is 0 Å². The number of hydrogen-bond acceptors (Lipinski definition) is 3. The third-order valence-electron chi connectivity index (χ3n) is 5.78. The fourth-order valence-electron chi connectivity index (χ4n) is 3.91. The van der Waals surface area contributed by atoms with Crippen molar-refractivity contribution in [3.63, 3.8) is 0 Å². The van der Waals surface area contributed by atoms with Crippen molar-refractivity contribution in [2.24, 2.45) is 5.92 Å². The molecule has 0 unspecified atom stereocenters. The Kier molecular flexibility index (Phi) is 5.99. The smallest absolute Gasteiger partial charge is 0.289 e. The van der Waals surface area contributed by atoms with Crippen molar-refractivity contribution in [2.75, 3.05) is 26.7 Å². The molecular formula is C20H32N4O2. The summed E-state index contributed by atoms with van der Waals surface area (Å²) in [5.41, 5.74) is 1.48. The topological polar surface area (TPSA) is 58.4 Å². The van der Waals surface area contributed by atoms with E-state index in [1.54, 1.807) is 4.90 Å². The molecule has 0 aromatic carbocycles. The van der Waals surface area contributed by atoms with Crippen molar-refractivity contribution in [3.8, 4) is 0 Å².